The molecule has 1 saturated heterocycles. The van der Waals surface area contributed by atoms with Gasteiger partial charge < -0.3 is 29.4 Å². The second-order valence-electron chi connectivity index (χ2n) is 10.7. The summed E-state index contributed by atoms with van der Waals surface area (Å²) in [6, 6.07) is 9.69. The Morgan fingerprint density at radius 3 is 2.12 bits per heavy atom. The van der Waals surface area contributed by atoms with Gasteiger partial charge in [-0.25, -0.2) is 15.0 Å². The molecule has 0 unspecified atom stereocenters. The van der Waals surface area contributed by atoms with Crippen molar-refractivity contribution in [1.29, 1.82) is 0 Å². The Bertz CT molecular complexity index is 1440. The normalized spacial score (nSPS) is 22.8. The number of aromatic nitrogens is 4. The summed E-state index contributed by atoms with van der Waals surface area (Å²) < 4.78 is 13.3. The molecule has 1 aromatic carbocycles. The number of nitrogens with zero attached hydrogens (tertiary/aromatic N) is 4. The van der Waals surface area contributed by atoms with Gasteiger partial charge in [-0.2, -0.15) is 0 Å². The number of hydrogen-bond acceptors (Lipinski definition) is 9. The first-order chi connectivity index (χ1) is 19.4. The first-order valence-electron chi connectivity index (χ1n) is 13.1. The maximum absolute atomic E-state index is 12.0. The molecule has 0 saturated carbocycles. The number of ether oxygens (including phenoxy) is 2. The molecular formula is C28H32N4O9. The van der Waals surface area contributed by atoms with Gasteiger partial charge in [-0.1, -0.05) is 30.3 Å². The highest BCUT2D eigenvalue weighted by Gasteiger charge is 2.49. The minimum Gasteiger partial charge on any atom is -0.481 e. The zero-order valence-electron chi connectivity index (χ0n) is 22.8. The maximum Gasteiger partial charge on any atom is 0.303 e. The molecule has 0 spiro atoms. The van der Waals surface area contributed by atoms with Crippen LogP contribution < -0.4 is 0 Å². The molecule has 0 radical (unpaired) electrons. The summed E-state index contributed by atoms with van der Waals surface area (Å²) in [5.41, 5.74) is 1.40. The summed E-state index contributed by atoms with van der Waals surface area (Å²) in [5.74, 6) is -7.18. The molecule has 13 nitrogen and oxygen atoms in total. The molecule has 0 bridgehead atoms. The van der Waals surface area contributed by atoms with E-state index < -0.39 is 78.6 Å². The van der Waals surface area contributed by atoms with E-state index in [0.29, 0.717) is 11.2 Å². The zero-order valence-corrected chi connectivity index (χ0v) is 22.8. The van der Waals surface area contributed by atoms with Crippen LogP contribution in [0.1, 0.15) is 57.4 Å². The number of hydrogen-bond donors (Lipinski definition) is 3. The van der Waals surface area contributed by atoms with Gasteiger partial charge in [0.2, 0.25) is 0 Å². The predicted octanol–water partition coefficient (Wildman–Crippen LogP) is 2.89. The van der Waals surface area contributed by atoms with E-state index in [9.17, 15) is 34.5 Å². The lowest BCUT2D eigenvalue weighted by Crippen LogP contribution is -2.48. The van der Waals surface area contributed by atoms with Crippen LogP contribution in [0.3, 0.4) is 0 Å². The van der Waals surface area contributed by atoms with Crippen LogP contribution in [0.4, 0.5) is 0 Å². The van der Waals surface area contributed by atoms with E-state index in [0.717, 1.165) is 5.56 Å². The number of rotatable bonds is 11. The second-order valence-corrected chi connectivity index (χ2v) is 10.7. The van der Waals surface area contributed by atoms with E-state index in [2.05, 4.69) is 15.0 Å². The van der Waals surface area contributed by atoms with Gasteiger partial charge >= 0.3 is 23.9 Å². The smallest absolute Gasteiger partial charge is 0.303 e. The Hall–Kier alpha value is -4.39. The van der Waals surface area contributed by atoms with E-state index in [-0.39, 0.29) is 12.3 Å². The number of carbonyl (C=O) groups is 4. The van der Waals surface area contributed by atoms with Crippen molar-refractivity contribution in [3.8, 4) is 0 Å². The summed E-state index contributed by atoms with van der Waals surface area (Å²) in [6.45, 7) is 4.82. The van der Waals surface area contributed by atoms with Crippen molar-refractivity contribution < 1.29 is 44.0 Å². The van der Waals surface area contributed by atoms with Gasteiger partial charge in [0.15, 0.2) is 5.65 Å². The van der Waals surface area contributed by atoms with E-state index in [1.807, 2.05) is 48.7 Å². The number of imidazole rings is 1. The van der Waals surface area contributed by atoms with Crippen LogP contribution in [0.15, 0.2) is 43.0 Å². The van der Waals surface area contributed by atoms with Gasteiger partial charge in [0.1, 0.15) is 30.2 Å². The maximum atomic E-state index is 12.0. The van der Waals surface area contributed by atoms with Crippen molar-refractivity contribution >= 4 is 35.0 Å². The number of carboxylic acid groups (broad SMARTS) is 3. The molecule has 3 N–H and O–H groups in total. The first kappa shape index (κ1) is 29.6. The topological polar surface area (TPSA) is 191 Å². The molecular weight excluding hydrogens is 536 g/mol. The Labute approximate surface area is 235 Å². The van der Waals surface area contributed by atoms with Gasteiger partial charge in [0.25, 0.3) is 0 Å². The number of carbonyl (C=O) groups excluding carboxylic acids is 1. The van der Waals surface area contributed by atoms with Gasteiger partial charge in [-0.15, -0.1) is 0 Å². The highest BCUT2D eigenvalue weighted by atomic mass is 16.6. The molecule has 1 fully saturated rings. The fourth-order valence-corrected chi connectivity index (χ4v) is 5.74. The van der Waals surface area contributed by atoms with Crippen LogP contribution in [0.25, 0.3) is 11.2 Å². The molecule has 218 valence electrons. The average molecular weight is 569 g/mol. The molecule has 41 heavy (non-hydrogen) atoms. The van der Waals surface area contributed by atoms with Crippen LogP contribution in [-0.2, 0) is 34.2 Å². The highest BCUT2D eigenvalue weighted by molar-refractivity contribution is 5.75. The van der Waals surface area contributed by atoms with E-state index in [1.165, 1.54) is 13.3 Å². The van der Waals surface area contributed by atoms with Crippen LogP contribution in [-0.4, -0.2) is 71.4 Å². The molecule has 3 heterocycles. The average Bonchev–Trinajstić information content (AvgIpc) is 3.35. The van der Waals surface area contributed by atoms with Crippen molar-refractivity contribution in [1.82, 2.24) is 19.5 Å². The van der Waals surface area contributed by atoms with Crippen molar-refractivity contribution in [3.05, 3.63) is 54.2 Å². The van der Waals surface area contributed by atoms with Crippen LogP contribution in [0, 0.1) is 17.8 Å². The number of aliphatic carboxylic acids is 3. The fourth-order valence-electron chi connectivity index (χ4n) is 5.74. The summed E-state index contributed by atoms with van der Waals surface area (Å²) >= 11 is 0. The minimum atomic E-state index is -1.23. The van der Waals surface area contributed by atoms with Crippen molar-refractivity contribution in [2.75, 3.05) is 6.61 Å². The molecule has 0 aliphatic carbocycles. The van der Waals surface area contributed by atoms with Gasteiger partial charge in [-0.3, -0.25) is 19.2 Å². The number of benzene rings is 1. The lowest BCUT2D eigenvalue weighted by Gasteiger charge is -2.46. The SMILES string of the molecule is CC(=O)OC[C@@H]1O[C@@H](c2ncnc3c2ncn3C(C)(C)c2ccccc2)[C@@H](CC(=O)O)[C@@H](CC(=O)O)[C@@H]1CC(=O)O. The van der Waals surface area contributed by atoms with Crippen molar-refractivity contribution in [2.45, 2.75) is 57.8 Å². The Kier molecular flexibility index (Phi) is 8.66. The second kappa shape index (κ2) is 12.0. The van der Waals surface area contributed by atoms with Crippen molar-refractivity contribution in [2.24, 2.45) is 17.8 Å². The van der Waals surface area contributed by atoms with E-state index in [1.54, 1.807) is 6.33 Å². The van der Waals surface area contributed by atoms with E-state index in [4.69, 9.17) is 9.47 Å². The molecule has 13 heteroatoms. The molecule has 3 aromatic rings. The molecule has 5 atom stereocenters. The standard InChI is InChI=1S/C28H32N4O9/c1-15(33)40-12-20-18(10-22(36)37)17(9-21(34)35)19(11-23(38)39)26(41-20)24-25-27(30-13-29-24)32(14-31-25)28(2,3)16-7-5-4-6-8-16/h4-8,13-14,17-20,26H,9-12H2,1-3H3,(H,34,35)(H,36,37)(H,38,39)/t17-,18-,19-,20-,26+/m0/s1. The number of esters is 1. The third-order valence-corrected chi connectivity index (χ3v) is 7.68. The third kappa shape index (κ3) is 6.35. The Morgan fingerprint density at radius 2 is 1.51 bits per heavy atom. The molecule has 0 amide bonds. The summed E-state index contributed by atoms with van der Waals surface area (Å²) in [7, 11) is 0. The molecule has 1 aliphatic heterocycles. The number of carboxylic acids is 3. The molecule has 2 aromatic heterocycles. The predicted molar refractivity (Wildman–Crippen MR) is 142 cm³/mol. The monoisotopic (exact) mass is 568 g/mol. The lowest BCUT2D eigenvalue weighted by atomic mass is 9.68. The fraction of sp³-hybridized carbons (Fsp3) is 0.464. The summed E-state index contributed by atoms with van der Waals surface area (Å²) in [6.07, 6.45) is -0.780. The van der Waals surface area contributed by atoms with Crippen LogP contribution in [0.5, 0.6) is 0 Å². The quantitative estimate of drug-likeness (QED) is 0.287. The molecule has 1 aliphatic rings. The van der Waals surface area contributed by atoms with Gasteiger partial charge in [0, 0.05) is 25.2 Å². The largest absolute Gasteiger partial charge is 0.481 e. The summed E-state index contributed by atoms with van der Waals surface area (Å²) in [5, 5.41) is 29.2. The first-order valence-corrected chi connectivity index (χ1v) is 13.1. The van der Waals surface area contributed by atoms with Crippen LogP contribution in [0.2, 0.25) is 0 Å². The lowest BCUT2D eigenvalue weighted by molar-refractivity contribution is -0.189. The third-order valence-electron chi connectivity index (χ3n) is 7.68. The Balaban J connectivity index is 1.86. The van der Waals surface area contributed by atoms with Gasteiger partial charge in [0.05, 0.1) is 30.8 Å². The minimum absolute atomic E-state index is 0.237. The number of fused-ring (bicyclic) bond motifs is 1. The van der Waals surface area contributed by atoms with E-state index >= 15 is 0 Å². The highest BCUT2D eigenvalue weighted by Crippen LogP contribution is 2.48. The Morgan fingerprint density at radius 1 is 0.902 bits per heavy atom. The summed E-state index contributed by atoms with van der Waals surface area (Å²) in [4.78, 5) is 60.8. The van der Waals surface area contributed by atoms with Crippen LogP contribution >= 0.6 is 0 Å². The zero-order chi connectivity index (χ0) is 29.9. The van der Waals surface area contributed by atoms with Gasteiger partial charge in [-0.05, 0) is 25.3 Å². The molecule has 4 rings (SSSR count). The van der Waals surface area contributed by atoms with Crippen molar-refractivity contribution in [3.63, 3.8) is 0 Å².